The molecule has 3 N–H and O–H groups in total. The highest BCUT2D eigenvalue weighted by molar-refractivity contribution is 5.82. The van der Waals surface area contributed by atoms with Gasteiger partial charge < -0.3 is 11.1 Å². The monoisotopic (exact) mass is 239 g/mol. The van der Waals surface area contributed by atoms with Crippen LogP contribution in [0.15, 0.2) is 0 Å². The zero-order valence-electron chi connectivity index (χ0n) is 11.1. The first-order chi connectivity index (χ1) is 7.99. The summed E-state index contributed by atoms with van der Waals surface area (Å²) in [7, 11) is 0. The molecule has 1 aliphatic heterocycles. The van der Waals surface area contributed by atoms with Gasteiger partial charge in [-0.15, -0.1) is 0 Å². The average Bonchev–Trinajstić information content (AvgIpc) is 3.03. The van der Waals surface area contributed by atoms with Crippen LogP contribution < -0.4 is 11.1 Å². The summed E-state index contributed by atoms with van der Waals surface area (Å²) in [5.74, 6) is 0.211. The smallest absolute Gasteiger partial charge is 0.237 e. The number of nitrogens with zero attached hydrogens (tertiary/aromatic N) is 1. The van der Waals surface area contributed by atoms with Crippen molar-refractivity contribution in [1.29, 1.82) is 0 Å². The highest BCUT2D eigenvalue weighted by Crippen LogP contribution is 2.33. The normalized spacial score (nSPS) is 31.8. The van der Waals surface area contributed by atoms with E-state index in [2.05, 4.69) is 17.1 Å². The van der Waals surface area contributed by atoms with Gasteiger partial charge in [-0.3, -0.25) is 9.69 Å². The van der Waals surface area contributed by atoms with Crippen molar-refractivity contribution < 1.29 is 4.79 Å². The maximum Gasteiger partial charge on any atom is 0.237 e. The fourth-order valence-electron chi connectivity index (χ4n) is 2.68. The topological polar surface area (TPSA) is 58.4 Å². The summed E-state index contributed by atoms with van der Waals surface area (Å²) < 4.78 is 0. The van der Waals surface area contributed by atoms with E-state index in [1.165, 1.54) is 12.8 Å². The number of amides is 1. The van der Waals surface area contributed by atoms with Crippen molar-refractivity contribution in [2.45, 2.75) is 64.2 Å². The van der Waals surface area contributed by atoms with Crippen molar-refractivity contribution in [3.63, 3.8) is 0 Å². The Balaban J connectivity index is 1.82. The molecule has 0 spiro atoms. The first kappa shape index (κ1) is 12.8. The van der Waals surface area contributed by atoms with Crippen LogP contribution >= 0.6 is 0 Å². The number of likely N-dealkylation sites (tertiary alicyclic amines) is 1. The third-order valence-corrected chi connectivity index (χ3v) is 4.01. The average molecular weight is 239 g/mol. The van der Waals surface area contributed by atoms with Gasteiger partial charge in [0.25, 0.3) is 0 Å². The number of rotatable bonds is 4. The fourth-order valence-corrected chi connectivity index (χ4v) is 2.68. The van der Waals surface area contributed by atoms with E-state index in [1.54, 1.807) is 0 Å². The van der Waals surface area contributed by atoms with Crippen LogP contribution in [-0.4, -0.2) is 41.5 Å². The lowest BCUT2D eigenvalue weighted by Gasteiger charge is -2.20. The van der Waals surface area contributed by atoms with E-state index in [0.717, 1.165) is 19.0 Å². The Bertz CT molecular complexity index is 288. The third-order valence-electron chi connectivity index (χ3n) is 4.01. The molecule has 2 aliphatic rings. The van der Waals surface area contributed by atoms with Gasteiger partial charge in [0, 0.05) is 24.7 Å². The minimum Gasteiger partial charge on any atom is -0.351 e. The molecule has 1 saturated heterocycles. The van der Waals surface area contributed by atoms with E-state index in [-0.39, 0.29) is 17.9 Å². The van der Waals surface area contributed by atoms with Gasteiger partial charge >= 0.3 is 0 Å². The van der Waals surface area contributed by atoms with E-state index in [9.17, 15) is 4.79 Å². The van der Waals surface area contributed by atoms with Crippen LogP contribution in [0.2, 0.25) is 0 Å². The summed E-state index contributed by atoms with van der Waals surface area (Å²) in [4.78, 5) is 14.4. The molecule has 98 valence electrons. The van der Waals surface area contributed by atoms with Crippen molar-refractivity contribution in [3.8, 4) is 0 Å². The fraction of sp³-hybridized carbons (Fsp3) is 0.923. The van der Waals surface area contributed by atoms with Crippen LogP contribution in [-0.2, 0) is 4.79 Å². The van der Waals surface area contributed by atoms with E-state index in [1.807, 2.05) is 13.8 Å². The molecule has 1 saturated carbocycles. The molecule has 2 unspecified atom stereocenters. The highest BCUT2D eigenvalue weighted by Gasteiger charge is 2.39. The van der Waals surface area contributed by atoms with Crippen LogP contribution in [0.5, 0.6) is 0 Å². The minimum absolute atomic E-state index is 0.00912. The molecule has 0 aromatic rings. The second kappa shape index (κ2) is 4.94. The summed E-state index contributed by atoms with van der Waals surface area (Å²) >= 11 is 0. The van der Waals surface area contributed by atoms with Crippen LogP contribution in [0.3, 0.4) is 0 Å². The lowest BCUT2D eigenvalue weighted by Crippen LogP contribution is -2.48. The van der Waals surface area contributed by atoms with Crippen molar-refractivity contribution in [3.05, 3.63) is 0 Å². The van der Waals surface area contributed by atoms with Crippen LogP contribution in [0, 0.1) is 5.92 Å². The lowest BCUT2D eigenvalue weighted by atomic mass is 10.0. The molecular formula is C13H25N3O. The molecule has 2 fully saturated rings. The Morgan fingerprint density at radius 2 is 2.06 bits per heavy atom. The van der Waals surface area contributed by atoms with Gasteiger partial charge in [-0.1, -0.05) is 13.8 Å². The highest BCUT2D eigenvalue weighted by atomic mass is 16.2. The molecule has 17 heavy (non-hydrogen) atoms. The Morgan fingerprint density at radius 1 is 1.41 bits per heavy atom. The van der Waals surface area contributed by atoms with E-state index in [4.69, 9.17) is 5.73 Å². The zero-order valence-corrected chi connectivity index (χ0v) is 11.1. The van der Waals surface area contributed by atoms with Crippen molar-refractivity contribution >= 4 is 5.91 Å². The number of nitrogens with one attached hydrogen (secondary N) is 1. The predicted molar refractivity (Wildman–Crippen MR) is 68.6 cm³/mol. The number of hydrogen-bond acceptors (Lipinski definition) is 3. The first-order valence-corrected chi connectivity index (χ1v) is 6.80. The maximum atomic E-state index is 11.9. The van der Waals surface area contributed by atoms with E-state index in [0.29, 0.717) is 12.1 Å². The Morgan fingerprint density at radius 3 is 2.59 bits per heavy atom. The van der Waals surface area contributed by atoms with Crippen molar-refractivity contribution in [1.82, 2.24) is 10.2 Å². The predicted octanol–water partition coefficient (Wildman–Crippen LogP) is 0.711. The molecule has 4 heteroatoms. The van der Waals surface area contributed by atoms with Crippen LogP contribution in [0.25, 0.3) is 0 Å². The lowest BCUT2D eigenvalue weighted by molar-refractivity contribution is -0.123. The molecule has 0 aromatic carbocycles. The summed E-state index contributed by atoms with van der Waals surface area (Å²) in [5.41, 5.74) is 5.85. The Labute approximate surface area is 104 Å². The Hall–Kier alpha value is -0.610. The van der Waals surface area contributed by atoms with Gasteiger partial charge in [-0.25, -0.2) is 0 Å². The summed E-state index contributed by atoms with van der Waals surface area (Å²) in [6.07, 6.45) is 3.72. The quantitative estimate of drug-likeness (QED) is 0.759. The summed E-state index contributed by atoms with van der Waals surface area (Å²) in [5, 5.41) is 3.10. The number of nitrogens with two attached hydrogens (primary N) is 1. The van der Waals surface area contributed by atoms with Gasteiger partial charge in [0.2, 0.25) is 5.91 Å². The molecule has 4 nitrogen and oxygen atoms in total. The van der Waals surface area contributed by atoms with Gasteiger partial charge in [0.1, 0.15) is 0 Å². The molecule has 1 amide bonds. The molecular weight excluding hydrogens is 214 g/mol. The van der Waals surface area contributed by atoms with Crippen molar-refractivity contribution in [2.24, 2.45) is 11.7 Å². The Kier molecular flexibility index (Phi) is 3.73. The van der Waals surface area contributed by atoms with Crippen LogP contribution in [0.4, 0.5) is 0 Å². The minimum atomic E-state index is -0.375. The third kappa shape index (κ3) is 2.99. The number of hydrogen-bond donors (Lipinski definition) is 2. The molecule has 3 atom stereocenters. The van der Waals surface area contributed by atoms with E-state index < -0.39 is 0 Å². The van der Waals surface area contributed by atoms with Gasteiger partial charge in [0.15, 0.2) is 0 Å². The first-order valence-electron chi connectivity index (χ1n) is 6.80. The SMILES string of the molecule is CC(C)[C@H](N)C(=O)NC1CC(C)N(C2CC2)C1. The van der Waals surface area contributed by atoms with Crippen molar-refractivity contribution in [2.75, 3.05) is 6.54 Å². The molecule has 1 heterocycles. The maximum absolute atomic E-state index is 11.9. The second-order valence-electron chi connectivity index (χ2n) is 5.99. The molecule has 1 aliphatic carbocycles. The summed E-state index contributed by atoms with van der Waals surface area (Å²) in [6, 6.07) is 1.30. The second-order valence-corrected chi connectivity index (χ2v) is 5.99. The molecule has 0 aromatic heterocycles. The standard InChI is InChI=1S/C13H25N3O/c1-8(2)12(14)13(17)15-10-6-9(3)16(7-10)11-4-5-11/h8-12H,4-7,14H2,1-3H3,(H,15,17)/t9?,10?,12-/m0/s1. The largest absolute Gasteiger partial charge is 0.351 e. The molecule has 0 bridgehead atoms. The van der Waals surface area contributed by atoms with Gasteiger partial charge in [-0.2, -0.15) is 0 Å². The van der Waals surface area contributed by atoms with Crippen LogP contribution in [0.1, 0.15) is 40.0 Å². The number of carbonyl (C=O) groups is 1. The molecule has 2 rings (SSSR count). The zero-order chi connectivity index (χ0) is 12.6. The van der Waals surface area contributed by atoms with Gasteiger partial charge in [-0.05, 0) is 32.1 Å². The molecule has 0 radical (unpaired) electrons. The summed E-state index contributed by atoms with van der Waals surface area (Å²) in [6.45, 7) is 7.23. The van der Waals surface area contributed by atoms with Gasteiger partial charge in [0.05, 0.1) is 6.04 Å². The number of carbonyl (C=O) groups excluding carboxylic acids is 1. The van der Waals surface area contributed by atoms with E-state index >= 15 is 0 Å².